The van der Waals surface area contributed by atoms with Gasteiger partial charge < -0.3 is 10.2 Å². The number of hydrogen-bond donors (Lipinski definition) is 1. The van der Waals surface area contributed by atoms with Gasteiger partial charge in [0, 0.05) is 29.4 Å². The third kappa shape index (κ3) is 4.75. The smallest absolute Gasteiger partial charge is 0.238 e. The number of nitrogens with one attached hydrogen (secondary N) is 1. The number of nitriles is 1. The van der Waals surface area contributed by atoms with Crippen LogP contribution in [0, 0.1) is 11.3 Å². The van der Waals surface area contributed by atoms with Gasteiger partial charge in [-0.15, -0.1) is 18.3 Å². The van der Waals surface area contributed by atoms with Crippen LogP contribution in [0.25, 0.3) is 0 Å². The molecule has 1 unspecified atom stereocenters. The molecule has 0 saturated carbocycles. The van der Waals surface area contributed by atoms with Gasteiger partial charge in [-0.05, 0) is 35.9 Å². The number of hydrogen-bond acceptors (Lipinski definition) is 4. The van der Waals surface area contributed by atoms with E-state index in [2.05, 4.69) is 18.0 Å². The molecule has 0 radical (unpaired) electrons. The minimum atomic E-state index is -0.505. The van der Waals surface area contributed by atoms with Crippen LogP contribution in [0.3, 0.4) is 0 Å². The molecule has 1 aliphatic heterocycles. The summed E-state index contributed by atoms with van der Waals surface area (Å²) >= 11 is 7.34. The second-order valence-corrected chi connectivity index (χ2v) is 7.99. The van der Waals surface area contributed by atoms with E-state index in [4.69, 9.17) is 16.9 Å². The number of halogens is 1. The topological polar surface area (TPSA) is 73.2 Å². The lowest BCUT2D eigenvalue weighted by Crippen LogP contribution is -2.37. The summed E-state index contributed by atoms with van der Waals surface area (Å²) in [5, 5.41) is 11.8. The largest absolute Gasteiger partial charge is 0.335 e. The zero-order chi connectivity index (χ0) is 20.1. The lowest BCUT2D eigenvalue weighted by atomic mass is 10.1. The van der Waals surface area contributed by atoms with E-state index < -0.39 is 5.25 Å². The molecule has 2 amide bonds. The summed E-state index contributed by atoms with van der Waals surface area (Å²) in [5.41, 5.74) is 2.15. The Morgan fingerprint density at radius 3 is 2.75 bits per heavy atom. The van der Waals surface area contributed by atoms with Crippen molar-refractivity contribution in [2.75, 3.05) is 11.9 Å². The van der Waals surface area contributed by atoms with Crippen molar-refractivity contribution < 1.29 is 9.59 Å². The summed E-state index contributed by atoms with van der Waals surface area (Å²) < 4.78 is 0. The van der Waals surface area contributed by atoms with Crippen molar-refractivity contribution in [3.63, 3.8) is 0 Å². The Labute approximate surface area is 173 Å². The predicted molar refractivity (Wildman–Crippen MR) is 111 cm³/mol. The molecule has 1 aliphatic rings. The fourth-order valence-corrected chi connectivity index (χ4v) is 4.11. The van der Waals surface area contributed by atoms with Crippen LogP contribution in [0.15, 0.2) is 60.0 Å². The highest BCUT2D eigenvalue weighted by Crippen LogP contribution is 2.38. The van der Waals surface area contributed by atoms with E-state index in [9.17, 15) is 9.59 Å². The third-order valence-electron chi connectivity index (χ3n) is 4.28. The molecule has 3 rings (SSSR count). The Morgan fingerprint density at radius 2 is 2.07 bits per heavy atom. The lowest BCUT2D eigenvalue weighted by molar-refractivity contribution is -0.132. The number of rotatable bonds is 6. The molecule has 7 heteroatoms. The van der Waals surface area contributed by atoms with Gasteiger partial charge in [0.1, 0.15) is 0 Å². The first-order valence-corrected chi connectivity index (χ1v) is 9.90. The van der Waals surface area contributed by atoms with Gasteiger partial charge >= 0.3 is 0 Å². The molecule has 1 N–H and O–H groups in total. The monoisotopic (exact) mass is 411 g/mol. The van der Waals surface area contributed by atoms with Crippen LogP contribution in [0.4, 0.5) is 5.69 Å². The Balaban J connectivity index is 1.69. The maximum Gasteiger partial charge on any atom is 0.238 e. The number of benzene rings is 2. The van der Waals surface area contributed by atoms with Crippen LogP contribution >= 0.6 is 23.4 Å². The molecule has 0 fully saturated rings. The fraction of sp³-hybridized carbons (Fsp3) is 0.190. The van der Waals surface area contributed by atoms with Crippen molar-refractivity contribution >= 4 is 40.9 Å². The van der Waals surface area contributed by atoms with Gasteiger partial charge in [-0.3, -0.25) is 9.59 Å². The number of thioether (sulfide) groups is 1. The first kappa shape index (κ1) is 20.0. The normalized spacial score (nSPS) is 15.1. The molecule has 0 aliphatic carbocycles. The summed E-state index contributed by atoms with van der Waals surface area (Å²) in [5.74, 6) is -0.334. The van der Waals surface area contributed by atoms with E-state index >= 15 is 0 Å². The van der Waals surface area contributed by atoms with Crippen molar-refractivity contribution in [1.29, 1.82) is 5.26 Å². The first-order chi connectivity index (χ1) is 13.5. The summed E-state index contributed by atoms with van der Waals surface area (Å²) in [7, 11) is 0. The average Bonchev–Trinajstić information content (AvgIpc) is 2.69. The maximum absolute atomic E-state index is 12.9. The molecule has 1 atom stereocenters. The molecule has 0 bridgehead atoms. The molecular formula is C21H18ClN3O2S. The van der Waals surface area contributed by atoms with Crippen molar-refractivity contribution in [2.24, 2.45) is 0 Å². The van der Waals surface area contributed by atoms with Crippen LogP contribution in [-0.4, -0.2) is 28.5 Å². The van der Waals surface area contributed by atoms with E-state index in [0.717, 1.165) is 10.5 Å². The minimum absolute atomic E-state index is 0.0860. The summed E-state index contributed by atoms with van der Waals surface area (Å²) in [6.07, 6.45) is 1.75. The Bertz CT molecular complexity index is 953. The number of amides is 2. The van der Waals surface area contributed by atoms with Gasteiger partial charge in [-0.1, -0.05) is 29.8 Å². The van der Waals surface area contributed by atoms with Crippen LogP contribution < -0.4 is 5.32 Å². The Morgan fingerprint density at radius 1 is 1.32 bits per heavy atom. The van der Waals surface area contributed by atoms with Crippen LogP contribution in [0.2, 0.25) is 5.02 Å². The van der Waals surface area contributed by atoms with Gasteiger partial charge in [0.15, 0.2) is 0 Å². The lowest BCUT2D eigenvalue weighted by Gasteiger charge is -2.27. The molecule has 28 heavy (non-hydrogen) atoms. The number of nitrogens with zero attached hydrogens (tertiary/aromatic N) is 2. The summed E-state index contributed by atoms with van der Waals surface area (Å²) in [6.45, 7) is 4.49. The standard InChI is InChI=1S/C21H18ClN3O2S/c1-2-9-25(13-15-5-3-14(12-23)4-6-15)20(26)11-19-21(27)24-17-10-16(22)7-8-18(17)28-19/h2-8,10,19H,1,9,11,13H2,(H,24,27). The summed E-state index contributed by atoms with van der Waals surface area (Å²) in [4.78, 5) is 27.8. The van der Waals surface area contributed by atoms with Crippen molar-refractivity contribution in [1.82, 2.24) is 4.90 Å². The molecule has 142 valence electrons. The molecular weight excluding hydrogens is 394 g/mol. The van der Waals surface area contributed by atoms with Gasteiger partial charge in [0.25, 0.3) is 0 Å². The number of anilines is 1. The second kappa shape index (κ2) is 8.96. The first-order valence-electron chi connectivity index (χ1n) is 8.65. The van der Waals surface area contributed by atoms with Crippen molar-refractivity contribution in [3.05, 3.63) is 71.3 Å². The zero-order valence-corrected chi connectivity index (χ0v) is 16.6. The second-order valence-electron chi connectivity index (χ2n) is 6.31. The zero-order valence-electron chi connectivity index (χ0n) is 15.0. The highest BCUT2D eigenvalue weighted by molar-refractivity contribution is 8.01. The average molecular weight is 412 g/mol. The number of fused-ring (bicyclic) bond motifs is 1. The predicted octanol–water partition coefficient (Wildman–Crippen LogP) is 4.23. The molecule has 1 heterocycles. The Hall–Kier alpha value is -2.75. The van der Waals surface area contributed by atoms with E-state index in [0.29, 0.717) is 29.4 Å². The highest BCUT2D eigenvalue weighted by atomic mass is 35.5. The number of carbonyl (C=O) groups is 2. The van der Waals surface area contributed by atoms with Gasteiger partial charge in [0.2, 0.25) is 11.8 Å². The minimum Gasteiger partial charge on any atom is -0.335 e. The molecule has 0 spiro atoms. The molecule has 0 aromatic heterocycles. The van der Waals surface area contributed by atoms with Crippen LogP contribution in [-0.2, 0) is 16.1 Å². The van der Waals surface area contributed by atoms with E-state index in [-0.39, 0.29) is 18.2 Å². The molecule has 0 saturated heterocycles. The van der Waals surface area contributed by atoms with Gasteiger partial charge in [0.05, 0.1) is 22.6 Å². The summed E-state index contributed by atoms with van der Waals surface area (Å²) in [6, 6.07) is 14.5. The van der Waals surface area contributed by atoms with Crippen molar-refractivity contribution in [2.45, 2.75) is 23.1 Å². The maximum atomic E-state index is 12.9. The van der Waals surface area contributed by atoms with Gasteiger partial charge in [-0.2, -0.15) is 5.26 Å². The van der Waals surface area contributed by atoms with E-state index in [1.807, 2.05) is 18.2 Å². The van der Waals surface area contributed by atoms with Gasteiger partial charge in [-0.25, -0.2) is 0 Å². The van der Waals surface area contributed by atoms with Crippen molar-refractivity contribution in [3.8, 4) is 6.07 Å². The van der Waals surface area contributed by atoms with E-state index in [1.54, 1.807) is 35.2 Å². The highest BCUT2D eigenvalue weighted by Gasteiger charge is 2.30. The number of carbonyl (C=O) groups excluding carboxylic acids is 2. The third-order valence-corrected chi connectivity index (χ3v) is 5.79. The molecule has 2 aromatic rings. The molecule has 5 nitrogen and oxygen atoms in total. The fourth-order valence-electron chi connectivity index (χ4n) is 2.86. The SMILES string of the molecule is C=CCN(Cc1ccc(C#N)cc1)C(=O)CC1Sc2ccc(Cl)cc2NC1=O. The Kier molecular flexibility index (Phi) is 6.40. The van der Waals surface area contributed by atoms with Crippen LogP contribution in [0.1, 0.15) is 17.5 Å². The van der Waals surface area contributed by atoms with Crippen LogP contribution in [0.5, 0.6) is 0 Å². The molecule has 2 aromatic carbocycles. The van der Waals surface area contributed by atoms with E-state index in [1.165, 1.54) is 11.8 Å². The quantitative estimate of drug-likeness (QED) is 0.722.